The Labute approximate surface area is 179 Å². The molecule has 5 atom stereocenters. The zero-order valence-electron chi connectivity index (χ0n) is 17.0. The summed E-state index contributed by atoms with van der Waals surface area (Å²) in [5.74, 6) is -0.904. The summed E-state index contributed by atoms with van der Waals surface area (Å²) < 4.78 is 49.7. The number of alkyl halides is 3. The summed E-state index contributed by atoms with van der Waals surface area (Å²) in [5, 5.41) is 20.6. The van der Waals surface area contributed by atoms with Crippen LogP contribution < -0.4 is 4.74 Å². The van der Waals surface area contributed by atoms with E-state index >= 15 is 0 Å². The van der Waals surface area contributed by atoms with E-state index in [1.165, 1.54) is 12.1 Å². The number of hydrogen-bond donors (Lipinski definition) is 2. The monoisotopic (exact) mass is 440 g/mol. The van der Waals surface area contributed by atoms with Crippen LogP contribution in [0.5, 0.6) is 5.75 Å². The summed E-state index contributed by atoms with van der Waals surface area (Å²) in [6.45, 7) is -0.169. The Morgan fingerprint density at radius 1 is 1.13 bits per heavy atom. The number of aliphatic hydroxyl groups excluding tert-OH is 2. The molecule has 1 fully saturated rings. The summed E-state index contributed by atoms with van der Waals surface area (Å²) in [6, 6.07) is 4.49. The van der Waals surface area contributed by atoms with Crippen molar-refractivity contribution < 1.29 is 37.7 Å². The average molecular weight is 440 g/mol. The molecule has 0 bridgehead atoms. The molecule has 2 aliphatic rings. The Bertz CT molecular complexity index is 805. The maximum Gasteiger partial charge on any atom is 0.416 e. The van der Waals surface area contributed by atoms with Crippen LogP contribution >= 0.6 is 0 Å². The standard InChI is InChI=1S/C23H27F3O5/c24-23(25,26)15-6-5-7-16(12-15)30-14-17-10-11-19-18(20(27)13-21(19)28)8-3-1-2-4-9-22(29)31-17/h1,3,5-7,10-12,17-21,27-28H,2,4,8-9,13-14H2/b3-1-,11-10+/t17-,18?,19?,20-,21+/m0/s1. The molecule has 2 unspecified atom stereocenters. The van der Waals surface area contributed by atoms with E-state index in [0.29, 0.717) is 19.3 Å². The summed E-state index contributed by atoms with van der Waals surface area (Å²) in [4.78, 5) is 12.2. The molecule has 1 aromatic carbocycles. The number of allylic oxidation sites excluding steroid dienone is 2. The molecule has 1 heterocycles. The van der Waals surface area contributed by atoms with E-state index in [1.54, 1.807) is 12.2 Å². The number of esters is 1. The van der Waals surface area contributed by atoms with Gasteiger partial charge in [-0.1, -0.05) is 24.3 Å². The molecule has 5 nitrogen and oxygen atoms in total. The van der Waals surface area contributed by atoms with Crippen LogP contribution in [0.2, 0.25) is 0 Å². The Morgan fingerprint density at radius 3 is 2.71 bits per heavy atom. The predicted octanol–water partition coefficient (Wildman–Crippen LogP) is 4.04. The molecule has 170 valence electrons. The molecule has 0 amide bonds. The lowest BCUT2D eigenvalue weighted by Gasteiger charge is -2.21. The molecule has 1 aliphatic heterocycles. The number of fused-ring (bicyclic) bond motifs is 1. The third-order valence-electron chi connectivity index (χ3n) is 5.65. The highest BCUT2D eigenvalue weighted by Gasteiger charge is 2.39. The van der Waals surface area contributed by atoms with Crippen LogP contribution in [-0.4, -0.2) is 41.1 Å². The fourth-order valence-electron chi connectivity index (χ4n) is 3.99. The molecule has 1 aliphatic carbocycles. The quantitative estimate of drug-likeness (QED) is 0.548. The van der Waals surface area contributed by atoms with Crippen LogP contribution in [0, 0.1) is 11.8 Å². The molecule has 3 rings (SSSR count). The van der Waals surface area contributed by atoms with Crippen molar-refractivity contribution in [3.63, 3.8) is 0 Å². The van der Waals surface area contributed by atoms with Crippen molar-refractivity contribution in [3.05, 3.63) is 54.1 Å². The van der Waals surface area contributed by atoms with Gasteiger partial charge in [0.1, 0.15) is 12.4 Å². The van der Waals surface area contributed by atoms with E-state index in [-0.39, 0.29) is 37.0 Å². The second-order valence-electron chi connectivity index (χ2n) is 7.96. The highest BCUT2D eigenvalue weighted by molar-refractivity contribution is 5.69. The average Bonchev–Trinajstić information content (AvgIpc) is 2.98. The minimum absolute atomic E-state index is 0.0144. The molecular weight excluding hydrogens is 413 g/mol. The van der Waals surface area contributed by atoms with Crippen molar-refractivity contribution in [2.45, 2.75) is 56.6 Å². The van der Waals surface area contributed by atoms with E-state index in [9.17, 15) is 28.2 Å². The lowest BCUT2D eigenvalue weighted by atomic mass is 9.89. The first-order valence-corrected chi connectivity index (χ1v) is 10.4. The molecule has 1 saturated carbocycles. The van der Waals surface area contributed by atoms with Gasteiger partial charge in [0.2, 0.25) is 0 Å². The first-order valence-electron chi connectivity index (χ1n) is 10.4. The van der Waals surface area contributed by atoms with E-state index < -0.39 is 36.0 Å². The van der Waals surface area contributed by atoms with E-state index in [0.717, 1.165) is 12.1 Å². The molecule has 31 heavy (non-hydrogen) atoms. The zero-order chi connectivity index (χ0) is 22.4. The molecule has 0 aromatic heterocycles. The van der Waals surface area contributed by atoms with E-state index in [2.05, 4.69) is 0 Å². The zero-order valence-corrected chi connectivity index (χ0v) is 17.0. The van der Waals surface area contributed by atoms with Crippen LogP contribution in [0.15, 0.2) is 48.6 Å². The minimum atomic E-state index is -4.49. The second kappa shape index (κ2) is 10.3. The van der Waals surface area contributed by atoms with Crippen LogP contribution in [0.25, 0.3) is 0 Å². The number of carbonyl (C=O) groups excluding carboxylic acids is 1. The van der Waals surface area contributed by atoms with Crippen molar-refractivity contribution in [1.29, 1.82) is 0 Å². The van der Waals surface area contributed by atoms with Gasteiger partial charge in [-0.15, -0.1) is 0 Å². The lowest BCUT2D eigenvalue weighted by Crippen LogP contribution is -2.25. The number of hydrogen-bond acceptors (Lipinski definition) is 5. The Balaban J connectivity index is 1.74. The van der Waals surface area contributed by atoms with E-state index in [1.807, 2.05) is 12.2 Å². The van der Waals surface area contributed by atoms with Crippen LogP contribution in [0.4, 0.5) is 13.2 Å². The molecule has 0 saturated heterocycles. The Kier molecular flexibility index (Phi) is 7.78. The number of halogens is 3. The van der Waals surface area contributed by atoms with Crippen molar-refractivity contribution >= 4 is 5.97 Å². The minimum Gasteiger partial charge on any atom is -0.489 e. The predicted molar refractivity (Wildman–Crippen MR) is 107 cm³/mol. The van der Waals surface area contributed by atoms with Gasteiger partial charge in [0.15, 0.2) is 6.10 Å². The van der Waals surface area contributed by atoms with Crippen molar-refractivity contribution in [3.8, 4) is 5.75 Å². The van der Waals surface area contributed by atoms with Crippen LogP contribution in [0.1, 0.15) is 37.7 Å². The normalized spacial score (nSPS) is 32.0. The Morgan fingerprint density at radius 2 is 1.94 bits per heavy atom. The van der Waals surface area contributed by atoms with Gasteiger partial charge in [0, 0.05) is 18.8 Å². The fraction of sp³-hybridized carbons (Fsp3) is 0.522. The SMILES string of the molecule is O=C1CCC/C=C\CC2C(/C=C/[C@@H](COc3cccc(C(F)(F)F)c3)O1)[C@H](O)C[C@@H]2O. The summed E-state index contributed by atoms with van der Waals surface area (Å²) >= 11 is 0. The first kappa shape index (κ1) is 23.3. The van der Waals surface area contributed by atoms with E-state index in [4.69, 9.17) is 9.47 Å². The van der Waals surface area contributed by atoms with Crippen molar-refractivity contribution in [2.24, 2.45) is 11.8 Å². The first-order chi connectivity index (χ1) is 14.7. The third-order valence-corrected chi connectivity index (χ3v) is 5.65. The summed E-state index contributed by atoms with van der Waals surface area (Å²) in [7, 11) is 0. The van der Waals surface area contributed by atoms with Gasteiger partial charge in [-0.25, -0.2) is 0 Å². The molecule has 1 aromatic rings. The number of cyclic esters (lactones) is 1. The fourth-order valence-corrected chi connectivity index (χ4v) is 3.99. The number of ether oxygens (including phenoxy) is 2. The number of carbonyl (C=O) groups is 1. The van der Waals surface area contributed by atoms with Gasteiger partial charge in [0.05, 0.1) is 17.8 Å². The maximum atomic E-state index is 12.9. The van der Waals surface area contributed by atoms with Gasteiger partial charge in [0.25, 0.3) is 0 Å². The largest absolute Gasteiger partial charge is 0.489 e. The highest BCUT2D eigenvalue weighted by atomic mass is 19.4. The summed E-state index contributed by atoms with van der Waals surface area (Å²) in [6.07, 6.45) is 2.89. The van der Waals surface area contributed by atoms with Gasteiger partial charge in [-0.2, -0.15) is 13.2 Å². The van der Waals surface area contributed by atoms with Gasteiger partial charge < -0.3 is 19.7 Å². The molecule has 2 N–H and O–H groups in total. The summed E-state index contributed by atoms with van der Waals surface area (Å²) in [5.41, 5.74) is -0.828. The lowest BCUT2D eigenvalue weighted by molar-refractivity contribution is -0.148. The Hall–Kier alpha value is -2.32. The van der Waals surface area contributed by atoms with Crippen molar-refractivity contribution in [2.75, 3.05) is 6.61 Å². The third kappa shape index (κ3) is 6.58. The molecule has 0 spiro atoms. The van der Waals surface area contributed by atoms with Crippen molar-refractivity contribution in [1.82, 2.24) is 0 Å². The topological polar surface area (TPSA) is 76.0 Å². The highest BCUT2D eigenvalue weighted by Crippen LogP contribution is 2.36. The van der Waals surface area contributed by atoms with Gasteiger partial charge in [-0.05, 0) is 49.5 Å². The maximum absolute atomic E-state index is 12.9. The van der Waals surface area contributed by atoms with Gasteiger partial charge in [-0.3, -0.25) is 4.79 Å². The molecule has 8 heteroatoms. The van der Waals surface area contributed by atoms with Gasteiger partial charge >= 0.3 is 12.1 Å². The number of rotatable bonds is 3. The molecule has 0 radical (unpaired) electrons. The van der Waals surface area contributed by atoms with Crippen LogP contribution in [0.3, 0.4) is 0 Å². The smallest absolute Gasteiger partial charge is 0.416 e. The second-order valence-corrected chi connectivity index (χ2v) is 7.96. The number of aliphatic hydroxyl groups is 2. The number of benzene rings is 1. The van der Waals surface area contributed by atoms with Crippen LogP contribution in [-0.2, 0) is 15.7 Å². The molecular formula is C23H27F3O5.